The Labute approximate surface area is 140 Å². The van der Waals surface area contributed by atoms with E-state index in [0.717, 1.165) is 30.0 Å². The largest absolute Gasteiger partial charge is 0.326 e. The third-order valence-electron chi connectivity index (χ3n) is 4.47. The summed E-state index contributed by atoms with van der Waals surface area (Å²) in [6.07, 6.45) is 3.01. The van der Waals surface area contributed by atoms with Crippen molar-refractivity contribution in [2.24, 2.45) is 11.8 Å². The number of aromatic nitrogens is 2. The highest BCUT2D eigenvalue weighted by molar-refractivity contribution is 7.03. The first kappa shape index (κ1) is 16.1. The summed E-state index contributed by atoms with van der Waals surface area (Å²) in [4.78, 5) is 12.2. The van der Waals surface area contributed by atoms with Crippen LogP contribution in [0.25, 0.3) is 11.3 Å². The first-order chi connectivity index (χ1) is 11.2. The van der Waals surface area contributed by atoms with Gasteiger partial charge in [0, 0.05) is 23.1 Å². The van der Waals surface area contributed by atoms with Crippen molar-refractivity contribution in [1.29, 1.82) is 0 Å². The molecule has 0 bridgehead atoms. The molecular formula is C17H22N4OS. The topological polar surface area (TPSA) is 66.9 Å². The normalized spacial score (nSPS) is 19.3. The molecule has 23 heavy (non-hydrogen) atoms. The van der Waals surface area contributed by atoms with Gasteiger partial charge in [0.15, 0.2) is 0 Å². The lowest BCUT2D eigenvalue weighted by Gasteiger charge is -2.28. The number of nitrogens with zero attached hydrogens (tertiary/aromatic N) is 2. The van der Waals surface area contributed by atoms with E-state index in [0.29, 0.717) is 18.3 Å². The lowest BCUT2D eigenvalue weighted by molar-refractivity contribution is -0.117. The van der Waals surface area contributed by atoms with Crippen molar-refractivity contribution < 1.29 is 4.79 Å². The number of anilines is 1. The minimum absolute atomic E-state index is 0.0890. The molecule has 2 heterocycles. The Morgan fingerprint density at radius 2 is 2.26 bits per heavy atom. The number of carbonyl (C=O) groups excluding carboxylic acids is 1. The van der Waals surface area contributed by atoms with Gasteiger partial charge in [0.05, 0.1) is 0 Å². The average Bonchev–Trinajstić information content (AvgIpc) is 3.11. The summed E-state index contributed by atoms with van der Waals surface area (Å²) in [5, 5.41) is 12.4. The summed E-state index contributed by atoms with van der Waals surface area (Å²) in [7, 11) is 0. The van der Waals surface area contributed by atoms with E-state index in [1.54, 1.807) is 0 Å². The maximum absolute atomic E-state index is 12.2. The number of hydrogen-bond donors (Lipinski definition) is 2. The minimum atomic E-state index is 0.0890. The average molecular weight is 330 g/mol. The van der Waals surface area contributed by atoms with E-state index in [-0.39, 0.29) is 5.91 Å². The molecule has 1 aliphatic rings. The Morgan fingerprint density at radius 3 is 2.91 bits per heavy atom. The van der Waals surface area contributed by atoms with E-state index in [1.165, 1.54) is 24.4 Å². The van der Waals surface area contributed by atoms with Crippen molar-refractivity contribution >= 4 is 23.1 Å². The van der Waals surface area contributed by atoms with Gasteiger partial charge in [-0.05, 0) is 61.4 Å². The van der Waals surface area contributed by atoms with Gasteiger partial charge in [-0.15, -0.1) is 5.10 Å². The third kappa shape index (κ3) is 4.36. The van der Waals surface area contributed by atoms with Gasteiger partial charge in [0.1, 0.15) is 5.69 Å². The van der Waals surface area contributed by atoms with Crippen LogP contribution in [0.3, 0.4) is 0 Å². The summed E-state index contributed by atoms with van der Waals surface area (Å²) < 4.78 is 3.86. The second kappa shape index (κ2) is 7.66. The third-order valence-corrected chi connectivity index (χ3v) is 4.98. The second-order valence-corrected chi connectivity index (χ2v) is 6.81. The highest BCUT2D eigenvalue weighted by atomic mass is 32.1. The summed E-state index contributed by atoms with van der Waals surface area (Å²) in [5.74, 6) is 1.10. The van der Waals surface area contributed by atoms with Crippen molar-refractivity contribution in [2.75, 3.05) is 18.4 Å². The van der Waals surface area contributed by atoms with Gasteiger partial charge in [-0.25, -0.2) is 0 Å². The smallest absolute Gasteiger partial charge is 0.224 e. The van der Waals surface area contributed by atoms with Crippen LogP contribution < -0.4 is 10.6 Å². The first-order valence-corrected chi connectivity index (χ1v) is 8.94. The highest BCUT2D eigenvalue weighted by Crippen LogP contribution is 2.24. The maximum Gasteiger partial charge on any atom is 0.224 e. The molecular weight excluding hydrogens is 308 g/mol. The summed E-state index contributed by atoms with van der Waals surface area (Å²) in [6, 6.07) is 7.75. The van der Waals surface area contributed by atoms with E-state index >= 15 is 0 Å². The van der Waals surface area contributed by atoms with Crippen LogP contribution in [0.5, 0.6) is 0 Å². The standard InChI is InChI=1S/C17H22N4OS/c1-12(14-3-2-8-18-10-14)9-17(22)19-15-6-4-13(5-7-15)16-11-23-21-20-16/h4-7,11-12,14,18H,2-3,8-10H2,1H3,(H,19,22)/t12-,14+/m1/s1. The fourth-order valence-electron chi connectivity index (χ4n) is 3.05. The predicted octanol–water partition coefficient (Wildman–Crippen LogP) is 3.17. The van der Waals surface area contributed by atoms with E-state index in [4.69, 9.17) is 0 Å². The molecule has 2 N–H and O–H groups in total. The minimum Gasteiger partial charge on any atom is -0.326 e. The van der Waals surface area contributed by atoms with E-state index in [9.17, 15) is 4.79 Å². The molecule has 0 radical (unpaired) electrons. The van der Waals surface area contributed by atoms with Gasteiger partial charge in [-0.2, -0.15) is 0 Å². The SMILES string of the molecule is C[C@H](CC(=O)Nc1ccc(-c2csnn2)cc1)[C@H]1CCCNC1. The van der Waals surface area contributed by atoms with Crippen LogP contribution in [0.2, 0.25) is 0 Å². The Hall–Kier alpha value is -1.79. The maximum atomic E-state index is 12.2. The van der Waals surface area contributed by atoms with Crippen molar-refractivity contribution in [2.45, 2.75) is 26.2 Å². The molecule has 0 spiro atoms. The summed E-state index contributed by atoms with van der Waals surface area (Å²) >= 11 is 1.33. The van der Waals surface area contributed by atoms with Crippen LogP contribution >= 0.6 is 11.5 Å². The molecule has 1 amide bonds. The van der Waals surface area contributed by atoms with Gasteiger partial charge in [0.2, 0.25) is 5.91 Å². The molecule has 3 rings (SSSR count). The van der Waals surface area contributed by atoms with E-state index in [2.05, 4.69) is 27.1 Å². The number of carbonyl (C=O) groups is 1. The monoisotopic (exact) mass is 330 g/mol. The van der Waals surface area contributed by atoms with Crippen LogP contribution in [0.15, 0.2) is 29.6 Å². The Bertz CT molecular complexity index is 621. The fraction of sp³-hybridized carbons (Fsp3) is 0.471. The zero-order chi connectivity index (χ0) is 16.1. The number of nitrogens with one attached hydrogen (secondary N) is 2. The molecule has 1 aromatic carbocycles. The van der Waals surface area contributed by atoms with Gasteiger partial charge in [-0.3, -0.25) is 4.79 Å². The van der Waals surface area contributed by atoms with Gasteiger partial charge in [-0.1, -0.05) is 23.5 Å². The number of benzene rings is 1. The molecule has 6 heteroatoms. The molecule has 122 valence electrons. The lowest BCUT2D eigenvalue weighted by atomic mass is 9.85. The molecule has 2 atom stereocenters. The van der Waals surface area contributed by atoms with Crippen LogP contribution in [-0.4, -0.2) is 28.6 Å². The van der Waals surface area contributed by atoms with E-state index in [1.807, 2.05) is 29.6 Å². The fourth-order valence-corrected chi connectivity index (χ4v) is 3.52. The first-order valence-electron chi connectivity index (χ1n) is 8.10. The Balaban J connectivity index is 1.53. The number of hydrogen-bond acceptors (Lipinski definition) is 5. The molecule has 1 saturated heterocycles. The van der Waals surface area contributed by atoms with Crippen LogP contribution in [-0.2, 0) is 4.79 Å². The number of rotatable bonds is 5. The second-order valence-electron chi connectivity index (χ2n) is 6.20. The lowest BCUT2D eigenvalue weighted by Crippen LogP contribution is -2.34. The summed E-state index contributed by atoms with van der Waals surface area (Å²) in [5.41, 5.74) is 2.71. The highest BCUT2D eigenvalue weighted by Gasteiger charge is 2.22. The van der Waals surface area contributed by atoms with Gasteiger partial charge < -0.3 is 10.6 Å². The van der Waals surface area contributed by atoms with Crippen molar-refractivity contribution in [1.82, 2.24) is 14.9 Å². The van der Waals surface area contributed by atoms with Crippen molar-refractivity contribution in [3.8, 4) is 11.3 Å². The Morgan fingerprint density at radius 1 is 1.43 bits per heavy atom. The molecule has 2 aromatic rings. The van der Waals surface area contributed by atoms with Crippen LogP contribution in [0.1, 0.15) is 26.2 Å². The summed E-state index contributed by atoms with van der Waals surface area (Å²) in [6.45, 7) is 4.32. The zero-order valence-electron chi connectivity index (χ0n) is 13.3. The zero-order valence-corrected chi connectivity index (χ0v) is 14.1. The molecule has 0 aliphatic carbocycles. The molecule has 5 nitrogen and oxygen atoms in total. The van der Waals surface area contributed by atoms with Crippen LogP contribution in [0, 0.1) is 11.8 Å². The van der Waals surface area contributed by atoms with Gasteiger partial charge in [0.25, 0.3) is 0 Å². The van der Waals surface area contributed by atoms with E-state index < -0.39 is 0 Å². The molecule has 0 unspecified atom stereocenters. The van der Waals surface area contributed by atoms with Crippen LogP contribution in [0.4, 0.5) is 5.69 Å². The van der Waals surface area contributed by atoms with Gasteiger partial charge >= 0.3 is 0 Å². The molecule has 0 saturated carbocycles. The molecule has 1 aliphatic heterocycles. The van der Waals surface area contributed by atoms with Crippen molar-refractivity contribution in [3.63, 3.8) is 0 Å². The predicted molar refractivity (Wildman–Crippen MR) is 93.3 cm³/mol. The van der Waals surface area contributed by atoms with Crippen molar-refractivity contribution in [3.05, 3.63) is 29.6 Å². The molecule has 1 fully saturated rings. The Kier molecular flexibility index (Phi) is 5.35. The molecule has 1 aromatic heterocycles. The quantitative estimate of drug-likeness (QED) is 0.884. The number of piperidine rings is 1. The number of amides is 1.